The quantitative estimate of drug-likeness (QED) is 0.176. The molecule has 0 radical (unpaired) electrons. The maximum absolute atomic E-state index is 13.6. The van der Waals surface area contributed by atoms with Gasteiger partial charge in [-0.25, -0.2) is 14.2 Å². The molecule has 232 valence electrons. The van der Waals surface area contributed by atoms with Gasteiger partial charge in [0, 0.05) is 40.9 Å². The molecule has 1 atom stereocenters. The largest absolute Gasteiger partial charge is 0.493 e. The molecule has 0 aliphatic carbocycles. The molecule has 6 aromatic rings. The fourth-order valence-corrected chi connectivity index (χ4v) is 6.29. The van der Waals surface area contributed by atoms with Crippen molar-refractivity contribution in [3.8, 4) is 39.4 Å². The molecule has 46 heavy (non-hydrogen) atoms. The summed E-state index contributed by atoms with van der Waals surface area (Å²) >= 11 is 0. The lowest BCUT2D eigenvalue weighted by molar-refractivity contribution is -0.164. The van der Waals surface area contributed by atoms with Crippen LogP contribution in [0.3, 0.4) is 0 Å². The van der Waals surface area contributed by atoms with Crippen molar-refractivity contribution in [2.24, 2.45) is 0 Å². The van der Waals surface area contributed by atoms with Gasteiger partial charge in [0.25, 0.3) is 0 Å². The second-order valence-corrected chi connectivity index (χ2v) is 12.6. The van der Waals surface area contributed by atoms with Crippen LogP contribution in [-0.2, 0) is 20.7 Å². The third-order valence-corrected chi connectivity index (χ3v) is 8.31. The van der Waals surface area contributed by atoms with Crippen LogP contribution in [0.25, 0.3) is 50.2 Å². The summed E-state index contributed by atoms with van der Waals surface area (Å²) in [5, 5.41) is 0.963. The second kappa shape index (κ2) is 11.4. The van der Waals surface area contributed by atoms with Gasteiger partial charge in [0.2, 0.25) is 0 Å². The molecule has 3 aromatic heterocycles. The molecule has 0 saturated carbocycles. The lowest BCUT2D eigenvalue weighted by Gasteiger charge is -2.29. The molecule has 0 bridgehead atoms. The van der Waals surface area contributed by atoms with Crippen LogP contribution < -0.4 is 4.74 Å². The first kappa shape index (κ1) is 29.6. The maximum atomic E-state index is 13.6. The smallest absolute Gasteiger partial charge is 0.339 e. The van der Waals surface area contributed by atoms with Crippen LogP contribution in [0, 0.1) is 12.7 Å². The highest BCUT2D eigenvalue weighted by atomic mass is 19.1. The zero-order chi connectivity index (χ0) is 32.2. The highest BCUT2D eigenvalue weighted by Gasteiger charge is 2.34. The Morgan fingerprint density at radius 2 is 1.78 bits per heavy atom. The van der Waals surface area contributed by atoms with Crippen LogP contribution in [0.15, 0.2) is 85.2 Å². The number of nitrogens with zero attached hydrogens (tertiary/aromatic N) is 3. The zero-order valence-electron chi connectivity index (χ0n) is 26.4. The van der Waals surface area contributed by atoms with Crippen LogP contribution >= 0.6 is 0 Å². The number of ether oxygens (including phenoxy) is 3. The summed E-state index contributed by atoms with van der Waals surface area (Å²) in [4.78, 5) is 23.4. The molecule has 0 N–H and O–H groups in total. The Labute approximate surface area is 266 Å². The molecule has 0 fully saturated rings. The molecule has 0 saturated heterocycles. The number of aromatic nitrogens is 3. The Kier molecular flexibility index (Phi) is 7.32. The molecule has 0 spiro atoms. The molecule has 7 nitrogen and oxygen atoms in total. The van der Waals surface area contributed by atoms with Gasteiger partial charge in [0.15, 0.2) is 6.10 Å². The van der Waals surface area contributed by atoms with Crippen LogP contribution in [0.4, 0.5) is 4.39 Å². The number of imidazole rings is 1. The van der Waals surface area contributed by atoms with E-state index in [0.29, 0.717) is 17.8 Å². The summed E-state index contributed by atoms with van der Waals surface area (Å²) in [5.74, 6) is 0.0160. The van der Waals surface area contributed by atoms with Gasteiger partial charge in [-0.05, 0) is 92.4 Å². The summed E-state index contributed by atoms with van der Waals surface area (Å²) < 4.78 is 33.4. The fourth-order valence-electron chi connectivity index (χ4n) is 6.29. The zero-order valence-corrected chi connectivity index (χ0v) is 26.4. The van der Waals surface area contributed by atoms with Crippen molar-refractivity contribution < 1.29 is 23.4 Å². The first-order chi connectivity index (χ1) is 22.1. The third kappa shape index (κ3) is 5.28. The lowest BCUT2D eigenvalue weighted by Crippen LogP contribution is -2.29. The number of esters is 1. The van der Waals surface area contributed by atoms with E-state index in [1.807, 2.05) is 93.0 Å². The predicted octanol–water partition coefficient (Wildman–Crippen LogP) is 8.30. The van der Waals surface area contributed by atoms with Crippen molar-refractivity contribution in [2.45, 2.75) is 45.8 Å². The summed E-state index contributed by atoms with van der Waals surface area (Å²) in [6, 6.07) is 22.4. The highest BCUT2D eigenvalue weighted by molar-refractivity contribution is 6.00. The standard InChI is InChI=1S/C38H34FN3O4/c1-22-19-31-41-29(26-8-6-7-25(20-26)23-9-11-27(39)12-10-23)21-42(31)35(32(22)36(37(43)44-5)46-38(2,3)4)28-13-14-30-33-24(16-18-45-30)15-17-40-34(28)33/h6-15,17,19-21,36H,16,18H2,1-5H3. The summed E-state index contributed by atoms with van der Waals surface area (Å²) in [6.45, 7) is 8.33. The first-order valence-electron chi connectivity index (χ1n) is 15.3. The molecule has 3 aromatic carbocycles. The highest BCUT2D eigenvalue weighted by Crippen LogP contribution is 2.43. The third-order valence-electron chi connectivity index (χ3n) is 8.31. The van der Waals surface area contributed by atoms with E-state index in [0.717, 1.165) is 67.8 Å². The van der Waals surface area contributed by atoms with Gasteiger partial charge < -0.3 is 14.2 Å². The fraction of sp³-hybridized carbons (Fsp3) is 0.237. The van der Waals surface area contributed by atoms with Gasteiger partial charge in [-0.2, -0.15) is 0 Å². The SMILES string of the molecule is COC(=O)C(OC(C)(C)C)c1c(C)cc2nc(-c3cccc(-c4ccc(F)cc4)c3)cn2c1-c1ccc2c3c(ccnc13)CCO2. The number of carbonyl (C=O) groups excluding carboxylic acids is 1. The number of hydrogen-bond donors (Lipinski definition) is 0. The molecule has 1 aliphatic rings. The Balaban J connectivity index is 1.51. The minimum absolute atomic E-state index is 0.278. The number of halogens is 1. The number of carbonyl (C=O) groups is 1. The van der Waals surface area contributed by atoms with Gasteiger partial charge >= 0.3 is 5.97 Å². The van der Waals surface area contributed by atoms with Crippen molar-refractivity contribution in [3.05, 3.63) is 108 Å². The van der Waals surface area contributed by atoms with E-state index in [2.05, 4.69) is 0 Å². The van der Waals surface area contributed by atoms with Crippen LogP contribution in [0.1, 0.15) is 43.6 Å². The Hall–Kier alpha value is -5.08. The Morgan fingerprint density at radius 1 is 1.00 bits per heavy atom. The molecule has 4 heterocycles. The Morgan fingerprint density at radius 3 is 2.54 bits per heavy atom. The van der Waals surface area contributed by atoms with Crippen molar-refractivity contribution in [2.75, 3.05) is 13.7 Å². The maximum Gasteiger partial charge on any atom is 0.339 e. The average Bonchev–Trinajstić information content (AvgIpc) is 3.47. The van der Waals surface area contributed by atoms with Crippen LogP contribution in [-0.4, -0.2) is 39.7 Å². The normalized spacial score (nSPS) is 13.5. The van der Waals surface area contributed by atoms with E-state index in [1.165, 1.54) is 19.2 Å². The summed E-state index contributed by atoms with van der Waals surface area (Å²) in [7, 11) is 1.37. The summed E-state index contributed by atoms with van der Waals surface area (Å²) in [6.07, 6.45) is 3.57. The topological polar surface area (TPSA) is 75.0 Å². The first-order valence-corrected chi connectivity index (χ1v) is 15.3. The molecule has 1 aliphatic heterocycles. The van der Waals surface area contributed by atoms with Gasteiger partial charge in [0.1, 0.15) is 17.2 Å². The summed E-state index contributed by atoms with van der Waals surface area (Å²) in [5.41, 5.74) is 8.56. The minimum Gasteiger partial charge on any atom is -0.493 e. The van der Waals surface area contributed by atoms with Crippen molar-refractivity contribution in [3.63, 3.8) is 0 Å². The van der Waals surface area contributed by atoms with E-state index in [-0.39, 0.29) is 5.82 Å². The predicted molar refractivity (Wildman–Crippen MR) is 176 cm³/mol. The number of methoxy groups -OCH3 is 1. The molecule has 7 rings (SSSR count). The van der Waals surface area contributed by atoms with Gasteiger partial charge in [0.05, 0.1) is 36.2 Å². The lowest BCUT2D eigenvalue weighted by atomic mass is 9.92. The number of fused-ring (bicyclic) bond motifs is 1. The number of aryl methyl sites for hydroxylation is 1. The monoisotopic (exact) mass is 615 g/mol. The van der Waals surface area contributed by atoms with Gasteiger partial charge in [-0.3, -0.25) is 9.38 Å². The number of rotatable bonds is 6. The van der Waals surface area contributed by atoms with Crippen LogP contribution in [0.2, 0.25) is 0 Å². The number of benzene rings is 3. The second-order valence-electron chi connectivity index (χ2n) is 12.6. The molecule has 8 heteroatoms. The van der Waals surface area contributed by atoms with Gasteiger partial charge in [-0.1, -0.05) is 30.3 Å². The van der Waals surface area contributed by atoms with E-state index in [4.69, 9.17) is 24.2 Å². The minimum atomic E-state index is -1.01. The van der Waals surface area contributed by atoms with Crippen LogP contribution in [0.5, 0.6) is 5.75 Å². The van der Waals surface area contributed by atoms with Gasteiger partial charge in [-0.15, -0.1) is 0 Å². The molecule has 1 unspecified atom stereocenters. The number of pyridine rings is 2. The van der Waals surface area contributed by atoms with Crippen molar-refractivity contribution >= 4 is 22.5 Å². The average molecular weight is 616 g/mol. The van der Waals surface area contributed by atoms with E-state index in [9.17, 15) is 9.18 Å². The van der Waals surface area contributed by atoms with Crippen molar-refractivity contribution in [1.82, 2.24) is 14.4 Å². The van der Waals surface area contributed by atoms with E-state index >= 15 is 0 Å². The van der Waals surface area contributed by atoms with Crippen molar-refractivity contribution in [1.29, 1.82) is 0 Å². The number of hydrogen-bond acceptors (Lipinski definition) is 6. The van der Waals surface area contributed by atoms with E-state index < -0.39 is 17.7 Å². The molecule has 0 amide bonds. The molecular formula is C38H34FN3O4. The van der Waals surface area contributed by atoms with E-state index in [1.54, 1.807) is 12.1 Å². The Bertz CT molecular complexity index is 2120. The molecular weight excluding hydrogens is 581 g/mol.